The van der Waals surface area contributed by atoms with Crippen LogP contribution in [0.2, 0.25) is 0 Å². The van der Waals surface area contributed by atoms with Crippen molar-refractivity contribution < 1.29 is 8.42 Å². The van der Waals surface area contributed by atoms with Crippen molar-refractivity contribution in [1.82, 2.24) is 4.98 Å². The zero-order chi connectivity index (χ0) is 14.8. The van der Waals surface area contributed by atoms with Crippen LogP contribution < -0.4 is 16.2 Å². The number of nitrogens with two attached hydrogens (primary N) is 2. The van der Waals surface area contributed by atoms with Gasteiger partial charge in [0.1, 0.15) is 0 Å². The van der Waals surface area contributed by atoms with Crippen molar-refractivity contribution in [3.05, 3.63) is 34.3 Å². The first-order chi connectivity index (χ1) is 9.34. The number of anilines is 2. The maximum absolute atomic E-state index is 11.3. The fraction of sp³-hybridized carbons (Fsp3) is 0.250. The molecule has 0 aliphatic rings. The number of sulfonamides is 1. The van der Waals surface area contributed by atoms with Gasteiger partial charge in [-0.1, -0.05) is 0 Å². The Hall–Kier alpha value is -1.64. The second kappa shape index (κ2) is 5.78. The summed E-state index contributed by atoms with van der Waals surface area (Å²) >= 11 is 1.60. The van der Waals surface area contributed by atoms with E-state index in [1.807, 2.05) is 12.3 Å². The average Bonchev–Trinajstić information content (AvgIpc) is 2.73. The topological polar surface area (TPSA) is 111 Å². The minimum absolute atomic E-state index is 0.00472. The molecule has 0 bridgehead atoms. The Morgan fingerprint density at radius 2 is 2.10 bits per heavy atom. The number of thiazole rings is 1. The van der Waals surface area contributed by atoms with Gasteiger partial charge >= 0.3 is 0 Å². The summed E-state index contributed by atoms with van der Waals surface area (Å²) in [5.74, 6) is 0. The number of nitrogen functional groups attached to an aromatic ring is 1. The molecule has 0 amide bonds. The summed E-state index contributed by atoms with van der Waals surface area (Å²) in [4.78, 5) is 4.36. The standard InChI is InChI=1S/C12H16N4O2S2/c1-8-7-19-12(16-8)2-3-15-10-4-9(13)5-11(6-10)20(14,17)18/h4-7,15H,2-3,13H2,1H3,(H2,14,17,18). The zero-order valence-corrected chi connectivity index (χ0v) is 12.6. The Kier molecular flexibility index (Phi) is 4.26. The molecule has 0 aliphatic carbocycles. The lowest BCUT2D eigenvalue weighted by atomic mass is 10.2. The van der Waals surface area contributed by atoms with Crippen molar-refractivity contribution in [2.45, 2.75) is 18.2 Å². The minimum Gasteiger partial charge on any atom is -0.399 e. The molecule has 2 rings (SSSR count). The van der Waals surface area contributed by atoms with Crippen LogP contribution >= 0.6 is 11.3 Å². The summed E-state index contributed by atoms with van der Waals surface area (Å²) in [6, 6.07) is 4.48. The van der Waals surface area contributed by atoms with Crippen molar-refractivity contribution in [1.29, 1.82) is 0 Å². The molecule has 1 heterocycles. The molecule has 0 saturated carbocycles. The third kappa shape index (κ3) is 3.92. The molecule has 0 spiro atoms. The zero-order valence-electron chi connectivity index (χ0n) is 11.0. The van der Waals surface area contributed by atoms with Crippen LogP contribution in [0.3, 0.4) is 0 Å². The van der Waals surface area contributed by atoms with Crippen molar-refractivity contribution in [3.8, 4) is 0 Å². The van der Waals surface area contributed by atoms with E-state index >= 15 is 0 Å². The van der Waals surface area contributed by atoms with Gasteiger partial charge in [-0.2, -0.15) is 0 Å². The molecule has 1 aromatic carbocycles. The summed E-state index contributed by atoms with van der Waals surface area (Å²) in [7, 11) is -3.75. The second-order valence-corrected chi connectivity index (χ2v) is 6.90. The quantitative estimate of drug-likeness (QED) is 0.721. The van der Waals surface area contributed by atoms with Crippen LogP contribution in [0, 0.1) is 6.92 Å². The Labute approximate surface area is 121 Å². The normalized spacial score (nSPS) is 11.5. The van der Waals surface area contributed by atoms with Crippen LogP contribution in [-0.2, 0) is 16.4 Å². The Balaban J connectivity index is 2.04. The lowest BCUT2D eigenvalue weighted by molar-refractivity contribution is 0.598. The fourth-order valence-corrected chi connectivity index (χ4v) is 3.09. The van der Waals surface area contributed by atoms with Gasteiger partial charge < -0.3 is 11.1 Å². The predicted molar refractivity (Wildman–Crippen MR) is 81.3 cm³/mol. The summed E-state index contributed by atoms with van der Waals surface area (Å²) in [6.07, 6.45) is 0.762. The molecule has 0 radical (unpaired) electrons. The maximum atomic E-state index is 11.3. The fourth-order valence-electron chi connectivity index (χ4n) is 1.72. The van der Waals surface area contributed by atoms with Gasteiger partial charge in [0.15, 0.2) is 0 Å². The summed E-state index contributed by atoms with van der Waals surface area (Å²) in [5, 5.41) is 11.2. The van der Waals surface area contributed by atoms with E-state index in [-0.39, 0.29) is 4.90 Å². The molecule has 0 fully saturated rings. The number of hydrogen-bond donors (Lipinski definition) is 3. The molecule has 20 heavy (non-hydrogen) atoms. The van der Waals surface area contributed by atoms with Crippen LogP contribution in [0.5, 0.6) is 0 Å². The number of nitrogens with zero attached hydrogens (tertiary/aromatic N) is 1. The van der Waals surface area contributed by atoms with Gasteiger partial charge in [0, 0.05) is 35.4 Å². The van der Waals surface area contributed by atoms with Gasteiger partial charge in [0.25, 0.3) is 0 Å². The van der Waals surface area contributed by atoms with Gasteiger partial charge in [-0.25, -0.2) is 18.5 Å². The summed E-state index contributed by atoms with van der Waals surface area (Å²) in [5.41, 5.74) is 7.66. The van der Waals surface area contributed by atoms with E-state index in [1.54, 1.807) is 17.4 Å². The van der Waals surface area contributed by atoms with Crippen LogP contribution in [-0.4, -0.2) is 19.9 Å². The highest BCUT2D eigenvalue weighted by molar-refractivity contribution is 7.89. The van der Waals surface area contributed by atoms with Gasteiger partial charge in [-0.3, -0.25) is 0 Å². The van der Waals surface area contributed by atoms with E-state index in [2.05, 4.69) is 10.3 Å². The summed E-state index contributed by atoms with van der Waals surface area (Å²) in [6.45, 7) is 2.59. The maximum Gasteiger partial charge on any atom is 0.238 e. The minimum atomic E-state index is -3.75. The Bertz CT molecular complexity index is 710. The monoisotopic (exact) mass is 312 g/mol. The van der Waals surface area contributed by atoms with Gasteiger partial charge in [-0.05, 0) is 25.1 Å². The van der Waals surface area contributed by atoms with Crippen molar-refractivity contribution in [2.75, 3.05) is 17.6 Å². The van der Waals surface area contributed by atoms with E-state index < -0.39 is 10.0 Å². The molecular weight excluding hydrogens is 296 g/mol. The molecule has 1 aromatic heterocycles. The molecule has 8 heteroatoms. The van der Waals surface area contributed by atoms with Crippen LogP contribution in [0.25, 0.3) is 0 Å². The van der Waals surface area contributed by atoms with Crippen molar-refractivity contribution >= 4 is 32.7 Å². The van der Waals surface area contributed by atoms with E-state index in [0.29, 0.717) is 17.9 Å². The lowest BCUT2D eigenvalue weighted by Gasteiger charge is -2.08. The first-order valence-electron chi connectivity index (χ1n) is 5.93. The molecule has 108 valence electrons. The lowest BCUT2D eigenvalue weighted by Crippen LogP contribution is -2.13. The van der Waals surface area contributed by atoms with E-state index in [9.17, 15) is 8.42 Å². The second-order valence-electron chi connectivity index (χ2n) is 4.40. The first-order valence-corrected chi connectivity index (χ1v) is 8.35. The molecule has 0 aliphatic heterocycles. The van der Waals surface area contributed by atoms with Crippen LogP contribution in [0.4, 0.5) is 11.4 Å². The number of rotatable bonds is 5. The molecule has 0 unspecified atom stereocenters. The summed E-state index contributed by atoms with van der Waals surface area (Å²) < 4.78 is 22.6. The molecule has 2 aromatic rings. The highest BCUT2D eigenvalue weighted by Crippen LogP contribution is 2.19. The number of hydrogen-bond acceptors (Lipinski definition) is 6. The van der Waals surface area contributed by atoms with Gasteiger partial charge in [-0.15, -0.1) is 11.3 Å². The van der Waals surface area contributed by atoms with Crippen LogP contribution in [0.15, 0.2) is 28.5 Å². The average molecular weight is 312 g/mol. The smallest absolute Gasteiger partial charge is 0.238 e. The number of aryl methyl sites for hydroxylation is 1. The first kappa shape index (κ1) is 14.8. The van der Waals surface area contributed by atoms with Crippen molar-refractivity contribution in [3.63, 3.8) is 0 Å². The molecular formula is C12H16N4O2S2. The van der Waals surface area contributed by atoms with Gasteiger partial charge in [0.2, 0.25) is 10.0 Å². The third-order valence-corrected chi connectivity index (χ3v) is 4.51. The number of aromatic nitrogens is 1. The van der Waals surface area contributed by atoms with E-state index in [0.717, 1.165) is 17.1 Å². The highest BCUT2D eigenvalue weighted by Gasteiger charge is 2.10. The third-order valence-electron chi connectivity index (χ3n) is 2.59. The van der Waals surface area contributed by atoms with Gasteiger partial charge in [0.05, 0.1) is 9.90 Å². The number of nitrogens with one attached hydrogen (secondary N) is 1. The van der Waals surface area contributed by atoms with Crippen LogP contribution in [0.1, 0.15) is 10.7 Å². The largest absolute Gasteiger partial charge is 0.399 e. The Morgan fingerprint density at radius 3 is 2.70 bits per heavy atom. The molecule has 0 atom stereocenters. The SMILES string of the molecule is Cc1csc(CCNc2cc(N)cc(S(N)(=O)=O)c2)n1. The molecule has 0 saturated heterocycles. The van der Waals surface area contributed by atoms with E-state index in [1.165, 1.54) is 12.1 Å². The van der Waals surface area contributed by atoms with E-state index in [4.69, 9.17) is 10.9 Å². The Morgan fingerprint density at radius 1 is 1.35 bits per heavy atom. The molecule has 5 N–H and O–H groups in total. The molecule has 6 nitrogen and oxygen atoms in total. The highest BCUT2D eigenvalue weighted by atomic mass is 32.2. The number of primary sulfonamides is 1. The predicted octanol–water partition coefficient (Wildman–Crippen LogP) is 1.34. The van der Waals surface area contributed by atoms with Crippen molar-refractivity contribution in [2.24, 2.45) is 5.14 Å². The number of benzene rings is 1.